The van der Waals surface area contributed by atoms with Crippen molar-refractivity contribution < 1.29 is 17.4 Å². The molecule has 0 heterocycles. The Bertz CT molecular complexity index is 787. The molecule has 30 heavy (non-hydrogen) atoms. The molecule has 0 fully saturated rings. The van der Waals surface area contributed by atoms with Gasteiger partial charge in [0.2, 0.25) is 0 Å². The number of unbranched alkanes of at least 4 members (excludes halogenated alkanes) is 5. The summed E-state index contributed by atoms with van der Waals surface area (Å²) in [5, 5.41) is 0. The molecule has 1 rings (SSSR count). The molecule has 0 spiro atoms. The normalized spacial score (nSPS) is 12.3. The van der Waals surface area contributed by atoms with Gasteiger partial charge in [-0.1, -0.05) is 80.3 Å². The maximum absolute atomic E-state index is 12.1. The molecule has 1 aromatic rings. The van der Waals surface area contributed by atoms with Gasteiger partial charge in [-0.15, -0.1) is 0 Å². The molecule has 166 valence electrons. The molecule has 0 radical (unpaired) electrons. The van der Waals surface area contributed by atoms with Crippen molar-refractivity contribution in [2.45, 2.75) is 83.0 Å². The number of hydrogen-bond acceptors (Lipinski definition) is 4. The Kier molecular flexibility index (Phi) is 13.5. The molecular weight excluding hydrogens is 396 g/mol. The van der Waals surface area contributed by atoms with Crippen LogP contribution in [0.25, 0.3) is 0 Å². The van der Waals surface area contributed by atoms with Gasteiger partial charge in [0.1, 0.15) is 4.90 Å². The first kappa shape index (κ1) is 25.9. The van der Waals surface area contributed by atoms with E-state index in [1.165, 1.54) is 12.1 Å². The quantitative estimate of drug-likeness (QED) is 0.173. The zero-order valence-electron chi connectivity index (χ0n) is 18.4. The minimum atomic E-state index is -4.01. The molecule has 0 aliphatic rings. The zero-order valence-corrected chi connectivity index (χ0v) is 19.2. The van der Waals surface area contributed by atoms with Gasteiger partial charge >= 0.3 is 16.1 Å². The molecule has 0 unspecified atom stereocenters. The van der Waals surface area contributed by atoms with Crippen molar-refractivity contribution in [3.05, 3.63) is 66.3 Å². The van der Waals surface area contributed by atoms with Crippen LogP contribution in [0.2, 0.25) is 0 Å². The van der Waals surface area contributed by atoms with E-state index in [1.54, 1.807) is 12.1 Å². The Labute approximate surface area is 182 Å². The van der Waals surface area contributed by atoms with Crippen LogP contribution in [0, 0.1) is 6.92 Å². The summed E-state index contributed by atoms with van der Waals surface area (Å²) in [5.41, 5.74) is 0.947. The number of benzene rings is 1. The maximum atomic E-state index is 12.1. The van der Waals surface area contributed by atoms with Gasteiger partial charge in [-0.25, -0.2) is 0 Å². The fourth-order valence-electron chi connectivity index (χ4n) is 2.81. The van der Waals surface area contributed by atoms with Crippen molar-refractivity contribution in [3.63, 3.8) is 0 Å². The highest BCUT2D eigenvalue weighted by Gasteiger charge is 2.19. The Morgan fingerprint density at radius 1 is 0.833 bits per heavy atom. The number of carbonyl (C=O) groups excluding carboxylic acids is 1. The fourth-order valence-corrected chi connectivity index (χ4v) is 3.70. The average Bonchev–Trinajstić information content (AvgIpc) is 2.71. The van der Waals surface area contributed by atoms with Crippen LogP contribution in [-0.4, -0.2) is 14.4 Å². The van der Waals surface area contributed by atoms with Crippen LogP contribution in [0.3, 0.4) is 0 Å². The van der Waals surface area contributed by atoms with Crippen LogP contribution in [0.5, 0.6) is 0 Å². The topological polar surface area (TPSA) is 60.4 Å². The van der Waals surface area contributed by atoms with Gasteiger partial charge in [0.25, 0.3) is 0 Å². The van der Waals surface area contributed by atoms with Crippen molar-refractivity contribution >= 4 is 16.1 Å². The monoisotopic (exact) mass is 432 g/mol. The van der Waals surface area contributed by atoms with Crippen LogP contribution in [0.1, 0.15) is 76.7 Å². The first-order valence-electron chi connectivity index (χ1n) is 10.9. The number of rotatable bonds is 15. The Morgan fingerprint density at radius 3 is 2.07 bits per heavy atom. The third kappa shape index (κ3) is 12.4. The second kappa shape index (κ2) is 15.7. The molecule has 0 aliphatic carbocycles. The molecule has 0 aromatic heterocycles. The molecule has 0 saturated heterocycles. The van der Waals surface area contributed by atoms with E-state index in [0.717, 1.165) is 56.9 Å². The van der Waals surface area contributed by atoms with Crippen LogP contribution >= 0.6 is 0 Å². The fraction of sp³-hybridized carbons (Fsp3) is 0.480. The van der Waals surface area contributed by atoms with Gasteiger partial charge in [-0.2, -0.15) is 8.42 Å². The Hall–Kier alpha value is -2.14. The summed E-state index contributed by atoms with van der Waals surface area (Å²) in [4.78, 5) is 11.8. The summed E-state index contributed by atoms with van der Waals surface area (Å²) in [6.45, 7) is 4.00. The van der Waals surface area contributed by atoms with Crippen LogP contribution in [0.15, 0.2) is 65.6 Å². The predicted molar refractivity (Wildman–Crippen MR) is 124 cm³/mol. The molecule has 0 amide bonds. The molecule has 4 nitrogen and oxygen atoms in total. The third-order valence-electron chi connectivity index (χ3n) is 4.54. The van der Waals surface area contributed by atoms with Crippen LogP contribution in [0.4, 0.5) is 0 Å². The second-order valence-electron chi connectivity index (χ2n) is 7.32. The third-order valence-corrected chi connectivity index (χ3v) is 5.80. The van der Waals surface area contributed by atoms with Gasteiger partial charge in [-0.3, -0.25) is 4.79 Å². The molecule has 0 aliphatic heterocycles. The minimum absolute atomic E-state index is 0.0123. The van der Waals surface area contributed by atoms with Crippen LogP contribution < -0.4 is 0 Å². The number of allylic oxidation sites excluding steroid dienone is 6. The summed E-state index contributed by atoms with van der Waals surface area (Å²) >= 11 is 0. The van der Waals surface area contributed by atoms with E-state index in [4.69, 9.17) is 4.18 Å². The first-order chi connectivity index (χ1) is 14.5. The van der Waals surface area contributed by atoms with Gasteiger partial charge in [0.05, 0.1) is 0 Å². The highest BCUT2D eigenvalue weighted by molar-refractivity contribution is 7.87. The van der Waals surface area contributed by atoms with E-state index in [-0.39, 0.29) is 11.3 Å². The summed E-state index contributed by atoms with van der Waals surface area (Å²) in [7, 11) is -4.01. The lowest BCUT2D eigenvalue weighted by Gasteiger charge is -2.06. The molecule has 0 saturated carbocycles. The Balaban J connectivity index is 2.06. The Morgan fingerprint density at radius 2 is 1.40 bits per heavy atom. The summed E-state index contributed by atoms with van der Waals surface area (Å²) in [6.07, 6.45) is 22.3. The van der Waals surface area contributed by atoms with Crippen molar-refractivity contribution in [2.24, 2.45) is 0 Å². The van der Waals surface area contributed by atoms with E-state index in [2.05, 4.69) is 43.4 Å². The molecular formula is C25H36O4S. The molecule has 5 heteroatoms. The smallest absolute Gasteiger partial charge is 0.341 e. The second-order valence-corrected chi connectivity index (χ2v) is 8.87. The largest absolute Gasteiger partial charge is 0.342 e. The minimum Gasteiger partial charge on any atom is -0.342 e. The van der Waals surface area contributed by atoms with Crippen molar-refractivity contribution in [3.8, 4) is 0 Å². The molecule has 1 aromatic carbocycles. The van der Waals surface area contributed by atoms with E-state index in [1.807, 2.05) is 6.92 Å². The van der Waals surface area contributed by atoms with E-state index < -0.39 is 16.1 Å². The zero-order chi connectivity index (χ0) is 22.1. The lowest BCUT2D eigenvalue weighted by Crippen LogP contribution is -2.13. The lowest BCUT2D eigenvalue weighted by atomic mass is 10.1. The van der Waals surface area contributed by atoms with E-state index in [9.17, 15) is 13.2 Å². The predicted octanol–water partition coefficient (Wildman–Crippen LogP) is 6.82. The number of hydrogen-bond donors (Lipinski definition) is 0. The van der Waals surface area contributed by atoms with Crippen LogP contribution in [-0.2, 0) is 19.1 Å². The number of carbonyl (C=O) groups is 1. The molecule has 0 N–H and O–H groups in total. The highest BCUT2D eigenvalue weighted by atomic mass is 32.2. The van der Waals surface area contributed by atoms with Crippen molar-refractivity contribution in [2.75, 3.05) is 0 Å². The van der Waals surface area contributed by atoms with Gasteiger partial charge in [-0.05, 0) is 57.6 Å². The van der Waals surface area contributed by atoms with E-state index in [0.29, 0.717) is 6.42 Å². The van der Waals surface area contributed by atoms with E-state index >= 15 is 0 Å². The highest BCUT2D eigenvalue weighted by Crippen LogP contribution is 2.15. The van der Waals surface area contributed by atoms with Gasteiger partial charge in [0.15, 0.2) is 0 Å². The van der Waals surface area contributed by atoms with Crippen molar-refractivity contribution in [1.29, 1.82) is 0 Å². The summed E-state index contributed by atoms with van der Waals surface area (Å²) < 4.78 is 28.8. The SMILES string of the molecule is CC/C=C\C/C=C\C/C=C\CCCCCCCC(=O)OS(=O)(=O)c1ccc(C)cc1. The maximum Gasteiger partial charge on any atom is 0.341 e. The van der Waals surface area contributed by atoms with Gasteiger partial charge < -0.3 is 4.18 Å². The summed E-state index contributed by atoms with van der Waals surface area (Å²) in [5.74, 6) is -0.684. The standard InChI is InChI=1S/C25H36O4S/c1-3-4-5-6-7-8-9-10-11-12-13-14-15-16-17-18-25(26)29-30(27,28)24-21-19-23(2)20-22-24/h4-5,7-8,10-11,19-22H,3,6,9,12-18H2,1-2H3/b5-4-,8-7-,11-10-. The summed E-state index contributed by atoms with van der Waals surface area (Å²) in [6, 6.07) is 6.26. The van der Waals surface area contributed by atoms with Gasteiger partial charge in [0, 0.05) is 6.42 Å². The molecule has 0 atom stereocenters. The lowest BCUT2D eigenvalue weighted by molar-refractivity contribution is -0.133. The van der Waals surface area contributed by atoms with Crippen molar-refractivity contribution in [1.82, 2.24) is 0 Å². The first-order valence-corrected chi connectivity index (χ1v) is 12.4. The number of aryl methyl sites for hydroxylation is 1. The molecule has 0 bridgehead atoms. The average molecular weight is 433 g/mol.